The fourth-order valence-corrected chi connectivity index (χ4v) is 5.75. The fourth-order valence-electron chi connectivity index (χ4n) is 3.33. The quantitative estimate of drug-likeness (QED) is 0.287. The van der Waals surface area contributed by atoms with Crippen LogP contribution in [0.4, 0.5) is 5.13 Å². The maximum atomic E-state index is 13.1. The normalized spacial score (nSPS) is 11.5. The Balaban J connectivity index is 1.45. The van der Waals surface area contributed by atoms with Gasteiger partial charge in [-0.3, -0.25) is 10.1 Å². The molecule has 0 aliphatic rings. The van der Waals surface area contributed by atoms with Gasteiger partial charge in [-0.2, -0.15) is 4.31 Å². The van der Waals surface area contributed by atoms with Crippen LogP contribution in [0.15, 0.2) is 93.6 Å². The van der Waals surface area contributed by atoms with Gasteiger partial charge >= 0.3 is 0 Å². The summed E-state index contributed by atoms with van der Waals surface area (Å²) in [5, 5.41) is 5.13. The molecule has 0 aliphatic carbocycles. The summed E-state index contributed by atoms with van der Waals surface area (Å²) >= 11 is 4.74. The molecular formula is C25H22BrN3O3S2. The minimum absolute atomic E-state index is 0.147. The number of carbonyl (C=O) groups is 1. The summed E-state index contributed by atoms with van der Waals surface area (Å²) in [5.41, 5.74) is 2.98. The van der Waals surface area contributed by atoms with E-state index in [0.717, 1.165) is 21.3 Å². The highest BCUT2D eigenvalue weighted by Crippen LogP contribution is 2.26. The van der Waals surface area contributed by atoms with Crippen LogP contribution >= 0.6 is 27.3 Å². The minimum atomic E-state index is -3.69. The largest absolute Gasteiger partial charge is 0.298 e. The first kappa shape index (κ1) is 24.3. The average molecular weight is 557 g/mol. The molecule has 174 valence electrons. The Labute approximate surface area is 211 Å². The number of amides is 1. The lowest BCUT2D eigenvalue weighted by Crippen LogP contribution is -2.30. The fraction of sp³-hybridized carbons (Fsp3) is 0.120. The lowest BCUT2D eigenvalue weighted by Gasteiger charge is -2.20. The maximum absolute atomic E-state index is 13.1. The van der Waals surface area contributed by atoms with Crippen molar-refractivity contribution in [1.29, 1.82) is 0 Å². The van der Waals surface area contributed by atoms with Gasteiger partial charge in [0.15, 0.2) is 5.13 Å². The summed E-state index contributed by atoms with van der Waals surface area (Å²) in [7, 11) is -3.69. The van der Waals surface area contributed by atoms with E-state index in [1.807, 2.05) is 60.0 Å². The van der Waals surface area contributed by atoms with Gasteiger partial charge in [0, 0.05) is 34.1 Å². The molecule has 0 aliphatic heterocycles. The molecule has 1 amide bonds. The highest BCUT2D eigenvalue weighted by Gasteiger charge is 2.23. The zero-order valence-corrected chi connectivity index (χ0v) is 21.5. The van der Waals surface area contributed by atoms with E-state index in [1.54, 1.807) is 6.92 Å². The molecule has 1 heterocycles. The van der Waals surface area contributed by atoms with Crippen molar-refractivity contribution in [2.45, 2.75) is 18.4 Å². The number of nitrogens with zero attached hydrogens (tertiary/aromatic N) is 2. The number of carbonyl (C=O) groups excluding carboxylic acids is 1. The standard InChI is InChI=1S/C25H22BrN3O3S2/c1-2-29(16-18-6-4-3-5-7-18)34(31,32)22-14-10-20(11-15-22)24(30)28-25-27-23(17-33-25)19-8-12-21(26)13-9-19/h3-15,17H,2,16H2,1H3,(H,27,28,30). The summed E-state index contributed by atoms with van der Waals surface area (Å²) in [6.45, 7) is 2.43. The molecule has 0 radical (unpaired) electrons. The van der Waals surface area contributed by atoms with Gasteiger partial charge < -0.3 is 0 Å². The molecule has 0 unspecified atom stereocenters. The Hall–Kier alpha value is -2.85. The minimum Gasteiger partial charge on any atom is -0.298 e. The number of nitrogens with one attached hydrogen (secondary N) is 1. The average Bonchev–Trinajstić information content (AvgIpc) is 3.32. The zero-order valence-electron chi connectivity index (χ0n) is 18.3. The Kier molecular flexibility index (Phi) is 7.57. The van der Waals surface area contributed by atoms with Crippen LogP contribution in [-0.2, 0) is 16.6 Å². The summed E-state index contributed by atoms with van der Waals surface area (Å²) in [4.78, 5) is 17.3. The number of anilines is 1. The predicted octanol–water partition coefficient (Wildman–Crippen LogP) is 6.04. The molecule has 0 saturated carbocycles. The number of hydrogen-bond donors (Lipinski definition) is 1. The second-order valence-electron chi connectivity index (χ2n) is 7.44. The Morgan fingerprint density at radius 2 is 1.68 bits per heavy atom. The molecule has 1 N–H and O–H groups in total. The van der Waals surface area contributed by atoms with Crippen molar-refractivity contribution >= 4 is 48.3 Å². The number of halogens is 1. The predicted molar refractivity (Wildman–Crippen MR) is 139 cm³/mol. The van der Waals surface area contributed by atoms with Gasteiger partial charge in [-0.1, -0.05) is 65.3 Å². The van der Waals surface area contributed by atoms with E-state index in [-0.39, 0.29) is 17.3 Å². The monoisotopic (exact) mass is 555 g/mol. The summed E-state index contributed by atoms with van der Waals surface area (Å²) in [6, 6.07) is 23.2. The molecule has 4 aromatic rings. The molecule has 4 rings (SSSR count). The number of rotatable bonds is 8. The van der Waals surface area contributed by atoms with E-state index in [2.05, 4.69) is 26.2 Å². The molecule has 3 aromatic carbocycles. The van der Waals surface area contributed by atoms with Crippen LogP contribution in [0, 0.1) is 0 Å². The molecular weight excluding hydrogens is 534 g/mol. The number of hydrogen-bond acceptors (Lipinski definition) is 5. The second kappa shape index (κ2) is 10.6. The third kappa shape index (κ3) is 5.61. The Bertz CT molecular complexity index is 1370. The first-order valence-electron chi connectivity index (χ1n) is 10.5. The van der Waals surface area contributed by atoms with Crippen LogP contribution in [0.5, 0.6) is 0 Å². The molecule has 0 fully saturated rings. The van der Waals surface area contributed by atoms with Gasteiger partial charge in [0.05, 0.1) is 10.6 Å². The first-order valence-corrected chi connectivity index (χ1v) is 13.6. The molecule has 0 spiro atoms. The zero-order chi connectivity index (χ0) is 24.1. The number of thiazole rings is 1. The van der Waals surface area contributed by atoms with Gasteiger partial charge in [-0.05, 0) is 42.0 Å². The summed E-state index contributed by atoms with van der Waals surface area (Å²) in [5.74, 6) is -0.350. The second-order valence-corrected chi connectivity index (χ2v) is 11.2. The van der Waals surface area contributed by atoms with E-state index in [0.29, 0.717) is 17.2 Å². The van der Waals surface area contributed by atoms with Crippen molar-refractivity contribution in [2.75, 3.05) is 11.9 Å². The summed E-state index contributed by atoms with van der Waals surface area (Å²) < 4.78 is 28.6. The molecule has 34 heavy (non-hydrogen) atoms. The van der Waals surface area contributed by atoms with Crippen LogP contribution in [0.1, 0.15) is 22.8 Å². The topological polar surface area (TPSA) is 79.4 Å². The first-order chi connectivity index (χ1) is 16.4. The van der Waals surface area contributed by atoms with Crippen LogP contribution < -0.4 is 5.32 Å². The molecule has 0 bridgehead atoms. The number of benzene rings is 3. The van der Waals surface area contributed by atoms with Crippen molar-refractivity contribution in [3.05, 3.63) is 99.8 Å². The SMILES string of the molecule is CCN(Cc1ccccc1)S(=O)(=O)c1ccc(C(=O)Nc2nc(-c3ccc(Br)cc3)cs2)cc1. The third-order valence-electron chi connectivity index (χ3n) is 5.17. The van der Waals surface area contributed by atoms with Crippen LogP contribution in [0.25, 0.3) is 11.3 Å². The molecule has 1 aromatic heterocycles. The number of sulfonamides is 1. The van der Waals surface area contributed by atoms with E-state index >= 15 is 0 Å². The maximum Gasteiger partial charge on any atom is 0.257 e. The van der Waals surface area contributed by atoms with Gasteiger partial charge in [-0.25, -0.2) is 13.4 Å². The van der Waals surface area contributed by atoms with Crippen molar-refractivity contribution in [3.63, 3.8) is 0 Å². The van der Waals surface area contributed by atoms with Gasteiger partial charge in [0.2, 0.25) is 10.0 Å². The van der Waals surface area contributed by atoms with Crippen molar-refractivity contribution in [2.24, 2.45) is 0 Å². The van der Waals surface area contributed by atoms with E-state index in [9.17, 15) is 13.2 Å². The Morgan fingerprint density at radius 3 is 2.32 bits per heavy atom. The van der Waals surface area contributed by atoms with Crippen molar-refractivity contribution in [1.82, 2.24) is 9.29 Å². The molecule has 9 heteroatoms. The third-order valence-corrected chi connectivity index (χ3v) is 8.39. The van der Waals surface area contributed by atoms with Gasteiger partial charge in [0.1, 0.15) is 0 Å². The Morgan fingerprint density at radius 1 is 1.00 bits per heavy atom. The van der Waals surface area contributed by atoms with E-state index < -0.39 is 10.0 Å². The number of aromatic nitrogens is 1. The molecule has 6 nitrogen and oxygen atoms in total. The van der Waals surface area contributed by atoms with Crippen LogP contribution in [0.3, 0.4) is 0 Å². The smallest absolute Gasteiger partial charge is 0.257 e. The van der Waals surface area contributed by atoms with Gasteiger partial charge in [0.25, 0.3) is 5.91 Å². The summed E-state index contributed by atoms with van der Waals surface area (Å²) in [6.07, 6.45) is 0. The highest BCUT2D eigenvalue weighted by atomic mass is 79.9. The van der Waals surface area contributed by atoms with Gasteiger partial charge in [-0.15, -0.1) is 11.3 Å². The highest BCUT2D eigenvalue weighted by molar-refractivity contribution is 9.10. The van der Waals surface area contributed by atoms with Crippen molar-refractivity contribution < 1.29 is 13.2 Å². The molecule has 0 atom stereocenters. The lowest BCUT2D eigenvalue weighted by molar-refractivity contribution is 0.102. The van der Waals surface area contributed by atoms with E-state index in [4.69, 9.17) is 0 Å². The van der Waals surface area contributed by atoms with Crippen LogP contribution in [-0.4, -0.2) is 30.2 Å². The van der Waals surface area contributed by atoms with E-state index in [1.165, 1.54) is 39.9 Å². The lowest BCUT2D eigenvalue weighted by atomic mass is 10.2. The van der Waals surface area contributed by atoms with Crippen molar-refractivity contribution in [3.8, 4) is 11.3 Å². The van der Waals surface area contributed by atoms with Crippen LogP contribution in [0.2, 0.25) is 0 Å². The molecule has 0 saturated heterocycles.